The zero-order valence-corrected chi connectivity index (χ0v) is 11.4. The van der Waals surface area contributed by atoms with Crippen LogP contribution in [0, 0.1) is 11.8 Å². The van der Waals surface area contributed by atoms with Crippen molar-refractivity contribution >= 4 is 21.6 Å². The maximum absolute atomic E-state index is 12.4. The van der Waals surface area contributed by atoms with E-state index in [1.165, 1.54) is 10.5 Å². The molecular weight excluding hydrogens is 262 g/mol. The van der Waals surface area contributed by atoms with Gasteiger partial charge in [-0.25, -0.2) is 8.42 Å². The summed E-state index contributed by atoms with van der Waals surface area (Å²) in [5.41, 5.74) is 0.527. The summed E-state index contributed by atoms with van der Waals surface area (Å²) >= 11 is 5.70. The summed E-state index contributed by atoms with van der Waals surface area (Å²) in [6, 6.07) is 0. The molecule has 0 bridgehead atoms. The Labute approximate surface area is 106 Å². The summed E-state index contributed by atoms with van der Waals surface area (Å²) in [7, 11) is -3.47. The fourth-order valence-corrected chi connectivity index (χ4v) is 4.05. The number of nitrogens with zero attached hydrogens (tertiary/aromatic N) is 2. The van der Waals surface area contributed by atoms with E-state index in [-0.39, 0.29) is 10.9 Å². The van der Waals surface area contributed by atoms with Crippen molar-refractivity contribution in [3.63, 3.8) is 0 Å². The number of H-pyrrole nitrogens is 1. The minimum atomic E-state index is -3.47. The van der Waals surface area contributed by atoms with Gasteiger partial charge in [0.05, 0.1) is 12.1 Å². The van der Waals surface area contributed by atoms with Gasteiger partial charge in [-0.3, -0.25) is 5.10 Å². The molecule has 0 radical (unpaired) electrons. The Bertz CT molecular complexity index is 489. The lowest BCUT2D eigenvalue weighted by atomic mass is 10.0. The van der Waals surface area contributed by atoms with E-state index in [0.29, 0.717) is 30.5 Å². The average molecular weight is 278 g/mol. The molecule has 1 N–H and O–H groups in total. The third-order valence-electron chi connectivity index (χ3n) is 3.37. The van der Waals surface area contributed by atoms with Crippen LogP contribution in [0.1, 0.15) is 19.4 Å². The normalized spacial score (nSPS) is 26.5. The van der Waals surface area contributed by atoms with E-state index in [9.17, 15) is 8.42 Å². The van der Waals surface area contributed by atoms with Gasteiger partial charge in [-0.1, -0.05) is 13.8 Å². The van der Waals surface area contributed by atoms with Crippen molar-refractivity contribution in [3.05, 3.63) is 11.8 Å². The Morgan fingerprint density at radius 2 is 2.06 bits per heavy atom. The lowest BCUT2D eigenvalue weighted by molar-refractivity contribution is 0.459. The second kappa shape index (κ2) is 4.59. The number of halogens is 1. The Morgan fingerprint density at radius 1 is 1.47 bits per heavy atom. The Balaban J connectivity index is 2.32. The standard InChI is InChI=1S/C10H16ClN3O2S/c1-7-5-14(6-8(7)2)17(15,16)10-9(3-11)4-12-13-10/h4,7-8H,3,5-6H2,1-2H3,(H,12,13). The van der Waals surface area contributed by atoms with E-state index in [0.717, 1.165) is 0 Å². The minimum Gasteiger partial charge on any atom is -0.266 e. The minimum absolute atomic E-state index is 0.133. The van der Waals surface area contributed by atoms with Crippen LogP contribution in [0.2, 0.25) is 0 Å². The maximum atomic E-state index is 12.4. The molecule has 0 aliphatic carbocycles. The van der Waals surface area contributed by atoms with Gasteiger partial charge in [0, 0.05) is 18.7 Å². The number of hydrogen-bond acceptors (Lipinski definition) is 3. The van der Waals surface area contributed by atoms with Crippen molar-refractivity contribution in [2.24, 2.45) is 11.8 Å². The number of sulfonamides is 1. The first-order valence-electron chi connectivity index (χ1n) is 5.55. The average Bonchev–Trinajstić information content (AvgIpc) is 2.86. The Hall–Kier alpha value is -0.590. The summed E-state index contributed by atoms with van der Waals surface area (Å²) in [5.74, 6) is 0.906. The first-order chi connectivity index (χ1) is 7.96. The van der Waals surface area contributed by atoms with Crippen LogP contribution < -0.4 is 0 Å². The molecule has 0 saturated carbocycles. The second-order valence-electron chi connectivity index (χ2n) is 4.63. The zero-order valence-electron chi connectivity index (χ0n) is 9.85. The van der Waals surface area contributed by atoms with Gasteiger partial charge in [-0.05, 0) is 11.8 Å². The summed E-state index contributed by atoms with van der Waals surface area (Å²) in [6.07, 6.45) is 1.46. The van der Waals surface area contributed by atoms with Crippen LogP contribution in [-0.4, -0.2) is 36.0 Å². The monoisotopic (exact) mass is 277 g/mol. The SMILES string of the molecule is CC1CN(S(=O)(=O)c2[nH]ncc2CCl)CC1C. The quantitative estimate of drug-likeness (QED) is 0.850. The highest BCUT2D eigenvalue weighted by Gasteiger charge is 2.36. The molecule has 1 aliphatic heterocycles. The van der Waals surface area contributed by atoms with Crippen molar-refractivity contribution in [1.82, 2.24) is 14.5 Å². The van der Waals surface area contributed by atoms with Crippen LogP contribution in [0.4, 0.5) is 0 Å². The van der Waals surface area contributed by atoms with Crippen LogP contribution >= 0.6 is 11.6 Å². The van der Waals surface area contributed by atoms with Crippen LogP contribution in [0.3, 0.4) is 0 Å². The number of rotatable bonds is 3. The fraction of sp³-hybridized carbons (Fsp3) is 0.700. The molecule has 1 fully saturated rings. The molecular formula is C10H16ClN3O2S. The highest BCUT2D eigenvalue weighted by Crippen LogP contribution is 2.28. The van der Waals surface area contributed by atoms with Crippen molar-refractivity contribution < 1.29 is 8.42 Å². The summed E-state index contributed by atoms with van der Waals surface area (Å²) < 4.78 is 26.2. The van der Waals surface area contributed by atoms with E-state index in [1.54, 1.807) is 0 Å². The fourth-order valence-electron chi connectivity index (χ4n) is 2.02. The molecule has 2 atom stereocenters. The Morgan fingerprint density at radius 3 is 2.59 bits per heavy atom. The first-order valence-corrected chi connectivity index (χ1v) is 7.52. The van der Waals surface area contributed by atoms with Gasteiger partial charge in [-0.2, -0.15) is 9.40 Å². The number of alkyl halides is 1. The van der Waals surface area contributed by atoms with Crippen molar-refractivity contribution in [3.8, 4) is 0 Å². The molecule has 1 aromatic heterocycles. The topological polar surface area (TPSA) is 66.1 Å². The predicted octanol–water partition coefficient (Wildman–Crippen LogP) is 1.43. The van der Waals surface area contributed by atoms with E-state index >= 15 is 0 Å². The first kappa shape index (κ1) is 12.9. The number of nitrogens with one attached hydrogen (secondary N) is 1. The van der Waals surface area contributed by atoms with Crippen molar-refractivity contribution in [2.75, 3.05) is 13.1 Å². The third-order valence-corrected chi connectivity index (χ3v) is 5.51. The number of hydrogen-bond donors (Lipinski definition) is 1. The summed E-state index contributed by atoms with van der Waals surface area (Å²) in [6.45, 7) is 5.25. The third kappa shape index (κ3) is 2.21. The largest absolute Gasteiger partial charge is 0.266 e. The number of aromatic nitrogens is 2. The van der Waals surface area contributed by atoms with Gasteiger partial charge in [0.1, 0.15) is 0 Å². The molecule has 0 spiro atoms. The van der Waals surface area contributed by atoms with Crippen LogP contribution in [-0.2, 0) is 15.9 Å². The molecule has 0 amide bonds. The lowest BCUT2D eigenvalue weighted by Gasteiger charge is -2.15. The van der Waals surface area contributed by atoms with Gasteiger partial charge in [0.2, 0.25) is 0 Å². The lowest BCUT2D eigenvalue weighted by Crippen LogP contribution is -2.30. The van der Waals surface area contributed by atoms with E-state index < -0.39 is 10.0 Å². The van der Waals surface area contributed by atoms with Crippen molar-refractivity contribution in [2.45, 2.75) is 24.8 Å². The summed E-state index contributed by atoms with van der Waals surface area (Å²) in [4.78, 5) is 0. The van der Waals surface area contributed by atoms with E-state index in [4.69, 9.17) is 11.6 Å². The molecule has 7 heteroatoms. The smallest absolute Gasteiger partial charge is 0.260 e. The second-order valence-corrected chi connectivity index (χ2v) is 6.78. The van der Waals surface area contributed by atoms with Gasteiger partial charge in [0.25, 0.3) is 10.0 Å². The van der Waals surface area contributed by atoms with E-state index in [2.05, 4.69) is 24.0 Å². The van der Waals surface area contributed by atoms with Crippen LogP contribution in [0.5, 0.6) is 0 Å². The molecule has 96 valence electrons. The zero-order chi connectivity index (χ0) is 12.6. The molecule has 2 unspecified atom stereocenters. The molecule has 1 aliphatic rings. The molecule has 0 aromatic carbocycles. The molecule has 1 aromatic rings. The number of aromatic amines is 1. The molecule has 17 heavy (non-hydrogen) atoms. The van der Waals surface area contributed by atoms with Crippen LogP contribution in [0.25, 0.3) is 0 Å². The highest BCUT2D eigenvalue weighted by atomic mass is 35.5. The van der Waals surface area contributed by atoms with E-state index in [1.807, 2.05) is 0 Å². The van der Waals surface area contributed by atoms with Crippen molar-refractivity contribution in [1.29, 1.82) is 0 Å². The van der Waals surface area contributed by atoms with Crippen LogP contribution in [0.15, 0.2) is 11.2 Å². The van der Waals surface area contributed by atoms with Gasteiger partial charge < -0.3 is 0 Å². The highest BCUT2D eigenvalue weighted by molar-refractivity contribution is 7.89. The van der Waals surface area contributed by atoms with Gasteiger partial charge >= 0.3 is 0 Å². The molecule has 1 saturated heterocycles. The molecule has 2 heterocycles. The maximum Gasteiger partial charge on any atom is 0.260 e. The Kier molecular flexibility index (Phi) is 3.47. The molecule has 5 nitrogen and oxygen atoms in total. The summed E-state index contributed by atoms with van der Waals surface area (Å²) in [5, 5.41) is 6.43. The molecule has 2 rings (SSSR count). The predicted molar refractivity (Wildman–Crippen MR) is 65.2 cm³/mol. The van der Waals surface area contributed by atoms with Gasteiger partial charge in [-0.15, -0.1) is 11.6 Å². The van der Waals surface area contributed by atoms with Gasteiger partial charge in [0.15, 0.2) is 5.03 Å².